The van der Waals surface area contributed by atoms with Crippen LogP contribution in [0.15, 0.2) is 6.07 Å². The molecule has 1 N–H and O–H groups in total. The van der Waals surface area contributed by atoms with Crippen molar-refractivity contribution < 1.29 is 9.90 Å². The predicted octanol–water partition coefficient (Wildman–Crippen LogP) is 1.43. The second kappa shape index (κ2) is 4.87. The molecule has 94 valence electrons. The topological polar surface area (TPSA) is 58.4 Å². The number of aromatic nitrogens is 2. The number of likely N-dealkylation sites (tertiary alicyclic amines) is 1. The summed E-state index contributed by atoms with van der Waals surface area (Å²) in [7, 11) is 0. The van der Waals surface area contributed by atoms with Crippen molar-refractivity contribution in [3.05, 3.63) is 17.5 Å². The minimum Gasteiger partial charge on any atom is -0.480 e. The SMILES string of the molecule is CCn1nc(C)cc1C1CCCN1CC(=O)O. The molecule has 0 spiro atoms. The molecule has 0 aliphatic carbocycles. The molecule has 1 fully saturated rings. The van der Waals surface area contributed by atoms with Crippen LogP contribution in [-0.2, 0) is 11.3 Å². The third kappa shape index (κ3) is 2.49. The molecule has 1 aromatic rings. The van der Waals surface area contributed by atoms with Crippen LogP contribution in [0, 0.1) is 6.92 Å². The van der Waals surface area contributed by atoms with E-state index in [0.717, 1.165) is 37.3 Å². The van der Waals surface area contributed by atoms with Gasteiger partial charge in [0.1, 0.15) is 0 Å². The van der Waals surface area contributed by atoms with Crippen LogP contribution in [0.4, 0.5) is 0 Å². The fraction of sp³-hybridized carbons (Fsp3) is 0.667. The second-order valence-electron chi connectivity index (χ2n) is 4.55. The van der Waals surface area contributed by atoms with E-state index in [1.54, 1.807) is 0 Å². The molecule has 0 bridgehead atoms. The highest BCUT2D eigenvalue weighted by atomic mass is 16.4. The third-order valence-corrected chi connectivity index (χ3v) is 3.28. The van der Waals surface area contributed by atoms with E-state index in [1.807, 2.05) is 16.5 Å². The van der Waals surface area contributed by atoms with E-state index in [0.29, 0.717) is 0 Å². The number of hydrogen-bond donors (Lipinski definition) is 1. The maximum Gasteiger partial charge on any atom is 0.317 e. The molecule has 2 heterocycles. The zero-order valence-electron chi connectivity index (χ0n) is 10.4. The molecule has 1 saturated heterocycles. The summed E-state index contributed by atoms with van der Waals surface area (Å²) in [6, 6.07) is 2.29. The Morgan fingerprint density at radius 3 is 3.06 bits per heavy atom. The van der Waals surface area contributed by atoms with Gasteiger partial charge < -0.3 is 5.11 Å². The molecule has 2 rings (SSSR count). The number of aryl methyl sites for hydroxylation is 2. The Balaban J connectivity index is 2.22. The lowest BCUT2D eigenvalue weighted by Gasteiger charge is -2.23. The van der Waals surface area contributed by atoms with Gasteiger partial charge in [0.25, 0.3) is 0 Å². The summed E-state index contributed by atoms with van der Waals surface area (Å²) in [6.07, 6.45) is 2.09. The van der Waals surface area contributed by atoms with Gasteiger partial charge in [-0.15, -0.1) is 0 Å². The minimum atomic E-state index is -0.754. The summed E-state index contributed by atoms with van der Waals surface area (Å²) in [6.45, 7) is 5.86. The number of rotatable bonds is 4. The molecule has 1 aliphatic heterocycles. The van der Waals surface area contributed by atoms with Crippen LogP contribution >= 0.6 is 0 Å². The molecule has 5 nitrogen and oxygen atoms in total. The highest BCUT2D eigenvalue weighted by molar-refractivity contribution is 5.69. The van der Waals surface area contributed by atoms with Crippen molar-refractivity contribution in [2.45, 2.75) is 39.3 Å². The highest BCUT2D eigenvalue weighted by Gasteiger charge is 2.29. The van der Waals surface area contributed by atoms with Gasteiger partial charge in [-0.2, -0.15) is 5.10 Å². The Labute approximate surface area is 101 Å². The molecular weight excluding hydrogens is 218 g/mol. The second-order valence-corrected chi connectivity index (χ2v) is 4.55. The van der Waals surface area contributed by atoms with E-state index in [1.165, 1.54) is 0 Å². The van der Waals surface area contributed by atoms with E-state index < -0.39 is 5.97 Å². The summed E-state index contributed by atoms with van der Waals surface area (Å²) < 4.78 is 1.99. The van der Waals surface area contributed by atoms with E-state index in [4.69, 9.17) is 5.11 Å². The van der Waals surface area contributed by atoms with Crippen LogP contribution < -0.4 is 0 Å². The molecule has 1 aliphatic rings. The van der Waals surface area contributed by atoms with E-state index in [2.05, 4.69) is 18.1 Å². The standard InChI is InChI=1S/C12H19N3O2/c1-3-15-11(7-9(2)13-15)10-5-4-6-14(10)8-12(16)17/h7,10H,3-6,8H2,1-2H3,(H,16,17). The average Bonchev–Trinajstić information content (AvgIpc) is 2.83. The van der Waals surface area contributed by atoms with Gasteiger partial charge in [0, 0.05) is 6.54 Å². The van der Waals surface area contributed by atoms with Gasteiger partial charge in [0.05, 0.1) is 24.0 Å². The largest absolute Gasteiger partial charge is 0.480 e. The fourth-order valence-corrected chi connectivity index (χ4v) is 2.61. The van der Waals surface area contributed by atoms with Crippen LogP contribution in [0.2, 0.25) is 0 Å². The lowest BCUT2D eigenvalue weighted by Crippen LogP contribution is -2.30. The third-order valence-electron chi connectivity index (χ3n) is 3.28. The van der Waals surface area contributed by atoms with E-state index in [-0.39, 0.29) is 12.6 Å². The summed E-state index contributed by atoms with van der Waals surface area (Å²) >= 11 is 0. The summed E-state index contributed by atoms with van der Waals surface area (Å²) in [4.78, 5) is 12.9. The van der Waals surface area contributed by atoms with Gasteiger partial charge >= 0.3 is 5.97 Å². The van der Waals surface area contributed by atoms with Crippen molar-refractivity contribution in [2.75, 3.05) is 13.1 Å². The highest BCUT2D eigenvalue weighted by Crippen LogP contribution is 2.31. The van der Waals surface area contributed by atoms with Crippen molar-refractivity contribution in [3.8, 4) is 0 Å². The van der Waals surface area contributed by atoms with Crippen molar-refractivity contribution in [2.24, 2.45) is 0 Å². The van der Waals surface area contributed by atoms with Gasteiger partial charge in [0.2, 0.25) is 0 Å². The lowest BCUT2D eigenvalue weighted by molar-refractivity contribution is -0.138. The molecule has 0 aromatic carbocycles. The summed E-state index contributed by atoms with van der Waals surface area (Å²) in [5.74, 6) is -0.754. The number of nitrogens with zero attached hydrogens (tertiary/aromatic N) is 3. The monoisotopic (exact) mass is 237 g/mol. The van der Waals surface area contributed by atoms with Gasteiger partial charge in [-0.25, -0.2) is 0 Å². The van der Waals surface area contributed by atoms with E-state index >= 15 is 0 Å². The quantitative estimate of drug-likeness (QED) is 0.860. The molecule has 1 aromatic heterocycles. The first-order chi connectivity index (χ1) is 8.11. The van der Waals surface area contributed by atoms with Crippen molar-refractivity contribution in [3.63, 3.8) is 0 Å². The zero-order valence-corrected chi connectivity index (χ0v) is 10.4. The van der Waals surface area contributed by atoms with Crippen molar-refractivity contribution in [1.82, 2.24) is 14.7 Å². The van der Waals surface area contributed by atoms with Crippen molar-refractivity contribution >= 4 is 5.97 Å². The maximum absolute atomic E-state index is 10.8. The Hall–Kier alpha value is -1.36. The van der Waals surface area contributed by atoms with Crippen molar-refractivity contribution in [1.29, 1.82) is 0 Å². The van der Waals surface area contributed by atoms with Crippen LogP contribution in [0.1, 0.15) is 37.2 Å². The molecule has 5 heteroatoms. The summed E-state index contributed by atoms with van der Waals surface area (Å²) in [5, 5.41) is 13.3. The van der Waals surface area contributed by atoms with Gasteiger partial charge in [-0.3, -0.25) is 14.4 Å². The smallest absolute Gasteiger partial charge is 0.317 e. The molecular formula is C12H19N3O2. The van der Waals surface area contributed by atoms with E-state index in [9.17, 15) is 4.79 Å². The van der Waals surface area contributed by atoms with Crippen LogP contribution in [0.25, 0.3) is 0 Å². The van der Waals surface area contributed by atoms with Crippen LogP contribution in [0.3, 0.4) is 0 Å². The molecule has 1 atom stereocenters. The molecule has 1 unspecified atom stereocenters. The number of hydrogen-bond acceptors (Lipinski definition) is 3. The molecule has 0 amide bonds. The summed E-state index contributed by atoms with van der Waals surface area (Å²) in [5.41, 5.74) is 2.16. The van der Waals surface area contributed by atoms with Crippen LogP contribution in [-0.4, -0.2) is 38.8 Å². The molecule has 0 saturated carbocycles. The first kappa shape index (κ1) is 12.1. The van der Waals surface area contributed by atoms with Gasteiger partial charge in [-0.1, -0.05) is 0 Å². The Bertz CT molecular complexity index is 414. The van der Waals surface area contributed by atoms with Gasteiger partial charge in [0.15, 0.2) is 0 Å². The Morgan fingerprint density at radius 1 is 1.65 bits per heavy atom. The number of carboxylic acids is 1. The fourth-order valence-electron chi connectivity index (χ4n) is 2.61. The Morgan fingerprint density at radius 2 is 2.41 bits per heavy atom. The lowest BCUT2D eigenvalue weighted by atomic mass is 10.1. The predicted molar refractivity (Wildman–Crippen MR) is 63.8 cm³/mol. The number of carboxylic acid groups (broad SMARTS) is 1. The zero-order chi connectivity index (χ0) is 12.4. The molecule has 17 heavy (non-hydrogen) atoms. The Kier molecular flexibility index (Phi) is 3.47. The first-order valence-electron chi connectivity index (χ1n) is 6.12. The number of aliphatic carboxylic acids is 1. The first-order valence-corrected chi connectivity index (χ1v) is 6.12. The minimum absolute atomic E-state index is 0.124. The van der Waals surface area contributed by atoms with Crippen LogP contribution in [0.5, 0.6) is 0 Å². The normalized spacial score (nSPS) is 20.9. The average molecular weight is 237 g/mol. The van der Waals surface area contributed by atoms with Gasteiger partial charge in [-0.05, 0) is 39.3 Å². The molecule has 0 radical (unpaired) electrons. The number of carbonyl (C=O) groups is 1. The maximum atomic E-state index is 10.8.